The molecule has 0 atom stereocenters. The summed E-state index contributed by atoms with van der Waals surface area (Å²) in [5.74, 6) is -0.0146. The molecule has 1 aromatic heterocycles. The Bertz CT molecular complexity index is 698. The van der Waals surface area contributed by atoms with Gasteiger partial charge in [0.15, 0.2) is 10.8 Å². The van der Waals surface area contributed by atoms with Gasteiger partial charge < -0.3 is 14.0 Å². The molecular formula is C17H24BNO5S2. The maximum absolute atomic E-state index is 11.8. The molecule has 26 heavy (non-hydrogen) atoms. The Hall–Kier alpha value is -1.16. The normalized spacial score (nSPS) is 18.8. The van der Waals surface area contributed by atoms with Crippen molar-refractivity contribution < 1.29 is 23.6 Å². The highest BCUT2D eigenvalue weighted by atomic mass is 32.2. The number of thiazole rings is 1. The number of hydrogen-bond donors (Lipinski definition) is 0. The highest BCUT2D eigenvalue weighted by Gasteiger charge is 2.52. The summed E-state index contributed by atoms with van der Waals surface area (Å²) in [4.78, 5) is 27.5. The third-order valence-electron chi connectivity index (χ3n) is 4.31. The van der Waals surface area contributed by atoms with Crippen LogP contribution in [0.15, 0.2) is 10.9 Å². The van der Waals surface area contributed by atoms with Crippen LogP contribution < -0.4 is 0 Å². The zero-order chi connectivity index (χ0) is 19.5. The van der Waals surface area contributed by atoms with Crippen LogP contribution in [0.5, 0.6) is 0 Å². The number of rotatable bonds is 6. The molecule has 142 valence electrons. The van der Waals surface area contributed by atoms with Gasteiger partial charge in [0.2, 0.25) is 0 Å². The van der Waals surface area contributed by atoms with E-state index in [4.69, 9.17) is 14.0 Å². The maximum Gasteiger partial charge on any atom is 0.491 e. The molecular weight excluding hydrogens is 373 g/mol. The smallest absolute Gasteiger partial charge is 0.461 e. The summed E-state index contributed by atoms with van der Waals surface area (Å²) < 4.78 is 17.2. The minimum Gasteiger partial charge on any atom is -0.461 e. The van der Waals surface area contributed by atoms with Gasteiger partial charge in [-0.1, -0.05) is 11.8 Å². The molecule has 1 aromatic rings. The van der Waals surface area contributed by atoms with Gasteiger partial charge in [0.05, 0.1) is 17.8 Å². The molecule has 0 unspecified atom stereocenters. The first kappa shape index (κ1) is 21.1. The lowest BCUT2D eigenvalue weighted by molar-refractivity contribution is -0.109. The van der Waals surface area contributed by atoms with Crippen molar-refractivity contribution in [2.75, 3.05) is 12.4 Å². The highest BCUT2D eigenvalue weighted by Crippen LogP contribution is 2.39. The van der Waals surface area contributed by atoms with E-state index in [1.807, 2.05) is 33.8 Å². The molecule has 0 bridgehead atoms. The lowest BCUT2D eigenvalue weighted by atomic mass is 9.79. The first-order valence-electron chi connectivity index (χ1n) is 8.38. The predicted molar refractivity (Wildman–Crippen MR) is 105 cm³/mol. The van der Waals surface area contributed by atoms with Gasteiger partial charge in [0.25, 0.3) is 0 Å². The minimum absolute atomic E-state index is 0.0127. The topological polar surface area (TPSA) is 74.7 Å². The number of ether oxygens (including phenoxy) is 1. The fourth-order valence-electron chi connectivity index (χ4n) is 2.17. The maximum atomic E-state index is 11.8. The van der Waals surface area contributed by atoms with Crippen molar-refractivity contribution in [3.8, 4) is 0 Å². The Morgan fingerprint density at radius 1 is 1.31 bits per heavy atom. The molecule has 0 saturated carbocycles. The number of carbonyl (C=O) groups is 2. The Labute approximate surface area is 162 Å². The van der Waals surface area contributed by atoms with Crippen molar-refractivity contribution in [2.24, 2.45) is 0 Å². The second kappa shape index (κ2) is 8.25. The van der Waals surface area contributed by atoms with Gasteiger partial charge in [-0.2, -0.15) is 0 Å². The van der Waals surface area contributed by atoms with E-state index in [1.165, 1.54) is 30.0 Å². The zero-order valence-corrected chi connectivity index (χ0v) is 17.6. The standard InChI is InChI=1S/C17H24BNO5S2/c1-7-22-15(21)13-10-26-14(19-13)8-12(9-25-11(2)20)18-23-16(3,4)17(5,6)24-18/h8,10H,7,9H2,1-6H3. The quantitative estimate of drug-likeness (QED) is 0.536. The van der Waals surface area contributed by atoms with E-state index in [9.17, 15) is 9.59 Å². The number of esters is 1. The van der Waals surface area contributed by atoms with Gasteiger partial charge in [0, 0.05) is 18.1 Å². The molecule has 1 saturated heterocycles. The van der Waals surface area contributed by atoms with Crippen molar-refractivity contribution in [1.82, 2.24) is 4.98 Å². The van der Waals surface area contributed by atoms with Gasteiger partial charge in [0.1, 0.15) is 5.01 Å². The number of aromatic nitrogens is 1. The van der Waals surface area contributed by atoms with Crippen molar-refractivity contribution in [2.45, 2.75) is 52.7 Å². The van der Waals surface area contributed by atoms with Crippen LogP contribution in [0.3, 0.4) is 0 Å². The van der Waals surface area contributed by atoms with Gasteiger partial charge in [-0.05, 0) is 46.2 Å². The minimum atomic E-state index is -0.568. The largest absolute Gasteiger partial charge is 0.491 e. The molecule has 0 N–H and O–H groups in total. The Kier molecular flexibility index (Phi) is 6.71. The van der Waals surface area contributed by atoms with Crippen LogP contribution in [0.25, 0.3) is 6.08 Å². The molecule has 0 amide bonds. The second-order valence-corrected chi connectivity index (χ2v) is 8.92. The van der Waals surface area contributed by atoms with E-state index < -0.39 is 24.3 Å². The number of carbonyl (C=O) groups excluding carboxylic acids is 2. The summed E-state index contributed by atoms with van der Waals surface area (Å²) in [6.45, 7) is 11.5. The van der Waals surface area contributed by atoms with E-state index in [0.717, 1.165) is 5.47 Å². The average Bonchev–Trinajstić information content (AvgIpc) is 3.06. The lowest BCUT2D eigenvalue weighted by Gasteiger charge is -2.32. The summed E-state index contributed by atoms with van der Waals surface area (Å²) in [5, 5.41) is 2.31. The van der Waals surface area contributed by atoms with E-state index in [0.29, 0.717) is 17.4 Å². The van der Waals surface area contributed by atoms with Gasteiger partial charge in [-0.25, -0.2) is 9.78 Å². The molecule has 2 heterocycles. The molecule has 6 nitrogen and oxygen atoms in total. The van der Waals surface area contributed by atoms with Crippen LogP contribution in [0, 0.1) is 0 Å². The summed E-state index contributed by atoms with van der Waals surface area (Å²) >= 11 is 2.52. The Balaban J connectivity index is 2.26. The summed E-state index contributed by atoms with van der Waals surface area (Å²) in [5.41, 5.74) is 0.122. The third kappa shape index (κ3) is 4.97. The van der Waals surface area contributed by atoms with Crippen LogP contribution in [0.4, 0.5) is 0 Å². The molecule has 0 radical (unpaired) electrons. The Morgan fingerprint density at radius 2 is 1.92 bits per heavy atom. The summed E-state index contributed by atoms with van der Waals surface area (Å²) in [7, 11) is -0.568. The number of nitrogens with zero attached hydrogens (tertiary/aromatic N) is 1. The highest BCUT2D eigenvalue weighted by molar-refractivity contribution is 8.13. The van der Waals surface area contributed by atoms with Gasteiger partial charge >= 0.3 is 13.1 Å². The monoisotopic (exact) mass is 397 g/mol. The van der Waals surface area contributed by atoms with Gasteiger partial charge in [-0.15, -0.1) is 11.3 Å². The molecule has 9 heteroatoms. The van der Waals surface area contributed by atoms with Crippen LogP contribution in [-0.4, -0.2) is 46.7 Å². The van der Waals surface area contributed by atoms with Crippen LogP contribution in [-0.2, 0) is 18.8 Å². The molecule has 2 rings (SSSR count). The third-order valence-corrected chi connectivity index (χ3v) is 5.99. The number of thioether (sulfide) groups is 1. The van der Waals surface area contributed by atoms with Crippen molar-refractivity contribution >= 4 is 47.4 Å². The second-order valence-electron chi connectivity index (χ2n) is 6.88. The molecule has 1 aliphatic heterocycles. The summed E-state index contributed by atoms with van der Waals surface area (Å²) in [6, 6.07) is 0. The summed E-state index contributed by atoms with van der Waals surface area (Å²) in [6.07, 6.45) is 1.82. The molecule has 0 aliphatic carbocycles. The van der Waals surface area contributed by atoms with Crippen LogP contribution >= 0.6 is 23.1 Å². The molecule has 0 spiro atoms. The van der Waals surface area contributed by atoms with E-state index >= 15 is 0 Å². The van der Waals surface area contributed by atoms with Crippen LogP contribution in [0.2, 0.25) is 0 Å². The lowest BCUT2D eigenvalue weighted by Crippen LogP contribution is -2.41. The van der Waals surface area contributed by atoms with E-state index in [2.05, 4.69) is 4.98 Å². The fraction of sp³-hybridized carbons (Fsp3) is 0.588. The molecule has 1 fully saturated rings. The van der Waals surface area contributed by atoms with Crippen molar-refractivity contribution in [3.63, 3.8) is 0 Å². The fourth-order valence-corrected chi connectivity index (χ4v) is 3.51. The van der Waals surface area contributed by atoms with Gasteiger partial charge in [-0.3, -0.25) is 4.79 Å². The SMILES string of the molecule is CCOC(=O)c1csc(C=C(CSC(C)=O)B2OC(C)(C)C(C)(C)O2)n1. The Morgan fingerprint density at radius 3 is 2.46 bits per heavy atom. The average molecular weight is 397 g/mol. The van der Waals surface area contributed by atoms with E-state index in [1.54, 1.807) is 12.3 Å². The molecule has 1 aliphatic rings. The van der Waals surface area contributed by atoms with Crippen molar-refractivity contribution in [3.05, 3.63) is 21.6 Å². The molecule has 0 aromatic carbocycles. The van der Waals surface area contributed by atoms with Crippen molar-refractivity contribution in [1.29, 1.82) is 0 Å². The first-order chi connectivity index (χ1) is 12.1. The predicted octanol–water partition coefficient (Wildman–Crippen LogP) is 3.61. The van der Waals surface area contributed by atoms with Crippen LogP contribution in [0.1, 0.15) is 57.0 Å². The number of hydrogen-bond acceptors (Lipinski definition) is 8. The first-order valence-corrected chi connectivity index (χ1v) is 10.2. The zero-order valence-electron chi connectivity index (χ0n) is 16.0. The van der Waals surface area contributed by atoms with E-state index in [-0.39, 0.29) is 10.8 Å².